The molecule has 6 heteroatoms. The Balaban J connectivity index is 1.65. The molecule has 21 heavy (non-hydrogen) atoms. The minimum Gasteiger partial charge on any atom is -0.338 e. The number of benzene rings is 1. The van der Waals surface area contributed by atoms with E-state index in [1.165, 1.54) is 0 Å². The average Bonchev–Trinajstić information content (AvgIpc) is 2.97. The molecule has 3 rings (SSSR count). The molecule has 1 aliphatic heterocycles. The molecule has 0 radical (unpaired) electrons. The average molecular weight is 307 g/mol. The lowest BCUT2D eigenvalue weighted by atomic mass is 10.2. The second kappa shape index (κ2) is 6.56. The number of halogens is 1. The molecule has 5 nitrogen and oxygen atoms in total. The Hall–Kier alpha value is -1.43. The quantitative estimate of drug-likeness (QED) is 0.868. The molecule has 0 atom stereocenters. The van der Waals surface area contributed by atoms with Crippen LogP contribution in [-0.2, 0) is 6.54 Å². The van der Waals surface area contributed by atoms with Crippen LogP contribution in [0, 0.1) is 0 Å². The Kier molecular flexibility index (Phi) is 4.53. The van der Waals surface area contributed by atoms with Crippen LogP contribution in [0.15, 0.2) is 28.8 Å². The lowest BCUT2D eigenvalue weighted by Gasteiger charge is -2.33. The predicted octanol–water partition coefficient (Wildman–Crippen LogP) is 2.53. The third-order valence-corrected chi connectivity index (χ3v) is 4.18. The highest BCUT2D eigenvalue weighted by Gasteiger charge is 2.18. The fourth-order valence-corrected chi connectivity index (χ4v) is 2.75. The molecular weight excluding hydrogens is 288 g/mol. The molecule has 0 aliphatic carbocycles. The second-order valence-electron chi connectivity index (χ2n) is 5.20. The Bertz CT molecular complexity index is 593. The lowest BCUT2D eigenvalue weighted by Crippen LogP contribution is -2.45. The van der Waals surface area contributed by atoms with Gasteiger partial charge in [0.15, 0.2) is 0 Å². The van der Waals surface area contributed by atoms with E-state index in [1.807, 2.05) is 24.3 Å². The van der Waals surface area contributed by atoms with Gasteiger partial charge in [-0.3, -0.25) is 4.90 Å². The van der Waals surface area contributed by atoms with Gasteiger partial charge in [0.1, 0.15) is 0 Å². The molecule has 1 aromatic heterocycles. The first-order valence-corrected chi connectivity index (χ1v) is 7.66. The van der Waals surface area contributed by atoms with E-state index in [0.717, 1.165) is 38.3 Å². The maximum absolute atomic E-state index is 6.15. The van der Waals surface area contributed by atoms with Crippen molar-refractivity contribution in [3.05, 3.63) is 35.2 Å². The largest absolute Gasteiger partial charge is 0.338 e. The topological polar surface area (TPSA) is 45.4 Å². The van der Waals surface area contributed by atoms with Crippen LogP contribution in [0.25, 0.3) is 11.4 Å². The first-order chi connectivity index (χ1) is 10.3. The highest BCUT2D eigenvalue weighted by atomic mass is 35.5. The molecular formula is C15H19ClN4O. The second-order valence-corrected chi connectivity index (χ2v) is 5.61. The molecule has 1 fully saturated rings. The molecule has 0 N–H and O–H groups in total. The fourth-order valence-electron chi connectivity index (χ4n) is 2.53. The zero-order chi connectivity index (χ0) is 14.7. The molecule has 112 valence electrons. The molecule has 1 saturated heterocycles. The van der Waals surface area contributed by atoms with E-state index in [9.17, 15) is 0 Å². The Labute approximate surface area is 129 Å². The van der Waals surface area contributed by atoms with Gasteiger partial charge >= 0.3 is 0 Å². The van der Waals surface area contributed by atoms with Crippen LogP contribution in [0.2, 0.25) is 5.02 Å². The van der Waals surface area contributed by atoms with E-state index < -0.39 is 0 Å². The molecule has 1 aliphatic rings. The van der Waals surface area contributed by atoms with Crippen molar-refractivity contribution in [2.45, 2.75) is 13.5 Å². The minimum absolute atomic E-state index is 0.558. The predicted molar refractivity (Wildman–Crippen MR) is 82.1 cm³/mol. The Morgan fingerprint density at radius 3 is 2.57 bits per heavy atom. The monoisotopic (exact) mass is 306 g/mol. The van der Waals surface area contributed by atoms with Gasteiger partial charge in [-0.15, -0.1) is 0 Å². The van der Waals surface area contributed by atoms with Gasteiger partial charge in [0, 0.05) is 31.7 Å². The van der Waals surface area contributed by atoms with Crippen molar-refractivity contribution >= 4 is 11.6 Å². The summed E-state index contributed by atoms with van der Waals surface area (Å²) in [7, 11) is 0. The van der Waals surface area contributed by atoms with Gasteiger partial charge in [-0.1, -0.05) is 35.8 Å². The fraction of sp³-hybridized carbons (Fsp3) is 0.467. The van der Waals surface area contributed by atoms with E-state index in [0.29, 0.717) is 23.3 Å². The molecule has 0 unspecified atom stereocenters. The molecule has 1 aromatic carbocycles. The highest BCUT2D eigenvalue weighted by molar-refractivity contribution is 6.33. The van der Waals surface area contributed by atoms with Crippen LogP contribution in [0.5, 0.6) is 0 Å². The summed E-state index contributed by atoms with van der Waals surface area (Å²) in [5, 5.41) is 4.68. The summed E-state index contributed by atoms with van der Waals surface area (Å²) < 4.78 is 5.35. The summed E-state index contributed by atoms with van der Waals surface area (Å²) in [5.41, 5.74) is 0.810. The van der Waals surface area contributed by atoms with Crippen LogP contribution in [0.3, 0.4) is 0 Å². The van der Waals surface area contributed by atoms with Crippen LogP contribution in [0.4, 0.5) is 0 Å². The van der Waals surface area contributed by atoms with Crippen molar-refractivity contribution < 1.29 is 4.52 Å². The van der Waals surface area contributed by atoms with Crippen molar-refractivity contribution in [3.8, 4) is 11.4 Å². The zero-order valence-corrected chi connectivity index (χ0v) is 12.9. The molecule has 2 heterocycles. The highest BCUT2D eigenvalue weighted by Crippen LogP contribution is 2.25. The molecule has 0 bridgehead atoms. The molecule has 0 amide bonds. The van der Waals surface area contributed by atoms with Crippen LogP contribution in [-0.4, -0.2) is 52.7 Å². The van der Waals surface area contributed by atoms with E-state index >= 15 is 0 Å². The summed E-state index contributed by atoms with van der Waals surface area (Å²) in [6.45, 7) is 8.29. The number of aromatic nitrogens is 2. The van der Waals surface area contributed by atoms with Gasteiger partial charge in [0.25, 0.3) is 0 Å². The van der Waals surface area contributed by atoms with Gasteiger partial charge in [-0.05, 0) is 18.7 Å². The van der Waals surface area contributed by atoms with Crippen molar-refractivity contribution in [1.29, 1.82) is 0 Å². The molecule has 0 spiro atoms. The van der Waals surface area contributed by atoms with E-state index in [1.54, 1.807) is 0 Å². The summed E-state index contributed by atoms with van der Waals surface area (Å²) in [5.74, 6) is 1.21. The third kappa shape index (κ3) is 3.43. The first-order valence-electron chi connectivity index (χ1n) is 7.28. The van der Waals surface area contributed by atoms with Gasteiger partial charge in [0.05, 0.1) is 11.6 Å². The van der Waals surface area contributed by atoms with Crippen molar-refractivity contribution in [2.24, 2.45) is 0 Å². The van der Waals surface area contributed by atoms with Gasteiger partial charge < -0.3 is 9.42 Å². The number of nitrogens with zero attached hydrogens (tertiary/aromatic N) is 4. The third-order valence-electron chi connectivity index (χ3n) is 3.85. The molecule has 2 aromatic rings. The van der Waals surface area contributed by atoms with Crippen LogP contribution in [0.1, 0.15) is 12.8 Å². The molecule has 0 saturated carbocycles. The van der Waals surface area contributed by atoms with E-state index in [-0.39, 0.29) is 0 Å². The number of hydrogen-bond donors (Lipinski definition) is 0. The Morgan fingerprint density at radius 2 is 1.86 bits per heavy atom. The summed E-state index contributed by atoms with van der Waals surface area (Å²) in [4.78, 5) is 9.24. The SMILES string of the molecule is CCN1CCN(Cc2nc(-c3ccccc3Cl)no2)CC1. The van der Waals surface area contributed by atoms with Gasteiger partial charge in [-0.25, -0.2) is 0 Å². The summed E-state index contributed by atoms with van der Waals surface area (Å²) in [6.07, 6.45) is 0. The lowest BCUT2D eigenvalue weighted by molar-refractivity contribution is 0.121. The van der Waals surface area contributed by atoms with Crippen molar-refractivity contribution in [3.63, 3.8) is 0 Å². The maximum atomic E-state index is 6.15. The van der Waals surface area contributed by atoms with Crippen molar-refractivity contribution in [2.75, 3.05) is 32.7 Å². The normalized spacial score (nSPS) is 17.2. The number of hydrogen-bond acceptors (Lipinski definition) is 5. The number of piperazine rings is 1. The summed E-state index contributed by atoms with van der Waals surface area (Å²) in [6, 6.07) is 7.54. The minimum atomic E-state index is 0.558. The van der Waals surface area contributed by atoms with Gasteiger partial charge in [-0.2, -0.15) is 4.98 Å². The smallest absolute Gasteiger partial charge is 0.241 e. The van der Waals surface area contributed by atoms with E-state index in [4.69, 9.17) is 16.1 Å². The maximum Gasteiger partial charge on any atom is 0.241 e. The zero-order valence-electron chi connectivity index (χ0n) is 12.1. The number of rotatable bonds is 4. The standard InChI is InChI=1S/C15H19ClN4O/c1-2-19-7-9-20(10-8-19)11-14-17-15(18-21-14)12-5-3-4-6-13(12)16/h3-6H,2,7-11H2,1H3. The van der Waals surface area contributed by atoms with Crippen molar-refractivity contribution in [1.82, 2.24) is 19.9 Å². The summed E-state index contributed by atoms with van der Waals surface area (Å²) >= 11 is 6.15. The Morgan fingerprint density at radius 1 is 1.14 bits per heavy atom. The van der Waals surface area contributed by atoms with Gasteiger partial charge in [0.2, 0.25) is 11.7 Å². The van der Waals surface area contributed by atoms with Crippen LogP contribution < -0.4 is 0 Å². The number of likely N-dealkylation sites (N-methyl/N-ethyl adjacent to an activating group) is 1. The van der Waals surface area contributed by atoms with E-state index in [2.05, 4.69) is 26.9 Å². The van der Waals surface area contributed by atoms with Crippen LogP contribution >= 0.6 is 11.6 Å². The first kappa shape index (κ1) is 14.5.